The Morgan fingerprint density at radius 1 is 0.943 bits per heavy atom. The molecule has 0 bridgehead atoms. The van der Waals surface area contributed by atoms with Crippen molar-refractivity contribution in [2.75, 3.05) is 5.32 Å². The number of amides is 1. The van der Waals surface area contributed by atoms with Crippen molar-refractivity contribution in [1.29, 1.82) is 5.26 Å². The molecule has 7 heteroatoms. The summed E-state index contributed by atoms with van der Waals surface area (Å²) in [7, 11) is 0. The minimum atomic E-state index is -4.44. The molecule has 4 rings (SSSR count). The Kier molecular flexibility index (Phi) is 6.74. The molecular formula is C28H18F3N3O. The smallest absolute Gasteiger partial charge is 0.322 e. The van der Waals surface area contributed by atoms with E-state index in [0.29, 0.717) is 28.0 Å². The summed E-state index contributed by atoms with van der Waals surface area (Å²) in [6, 6.07) is 20.8. The number of carbonyl (C=O) groups excluding carboxylic acids is 1. The SMILES string of the molecule is N#Cc1ccc(/C(=C\C=C\C(=O)Nc2cccc3cnccc23)c2ccc(C(F)(F)F)cc2)cc1. The van der Waals surface area contributed by atoms with Gasteiger partial charge in [0.25, 0.3) is 0 Å². The van der Waals surface area contributed by atoms with Gasteiger partial charge in [-0.3, -0.25) is 9.78 Å². The summed E-state index contributed by atoms with van der Waals surface area (Å²) in [4.78, 5) is 16.6. The van der Waals surface area contributed by atoms with Crippen LogP contribution in [0.3, 0.4) is 0 Å². The van der Waals surface area contributed by atoms with Crippen molar-refractivity contribution in [3.05, 3.63) is 126 Å². The second-order valence-corrected chi connectivity index (χ2v) is 7.60. The Balaban J connectivity index is 1.62. The van der Waals surface area contributed by atoms with Crippen molar-refractivity contribution < 1.29 is 18.0 Å². The number of nitrogens with zero attached hydrogens (tertiary/aromatic N) is 2. The van der Waals surface area contributed by atoms with Crippen LogP contribution in [0.25, 0.3) is 16.3 Å². The second-order valence-electron chi connectivity index (χ2n) is 7.60. The van der Waals surface area contributed by atoms with Crippen molar-refractivity contribution in [2.24, 2.45) is 0 Å². The third-order valence-electron chi connectivity index (χ3n) is 5.30. The van der Waals surface area contributed by atoms with E-state index in [2.05, 4.69) is 10.3 Å². The van der Waals surface area contributed by atoms with Gasteiger partial charge in [-0.1, -0.05) is 48.6 Å². The van der Waals surface area contributed by atoms with Crippen LogP contribution in [0.15, 0.2) is 103 Å². The predicted molar refractivity (Wildman–Crippen MR) is 129 cm³/mol. The minimum absolute atomic E-state index is 0.364. The van der Waals surface area contributed by atoms with Crippen LogP contribution in [0, 0.1) is 11.3 Å². The van der Waals surface area contributed by atoms with Gasteiger partial charge in [0, 0.05) is 34.9 Å². The number of hydrogen-bond donors (Lipinski definition) is 1. The van der Waals surface area contributed by atoms with Gasteiger partial charge in [0.2, 0.25) is 5.91 Å². The molecule has 1 heterocycles. The van der Waals surface area contributed by atoms with Crippen molar-refractivity contribution in [1.82, 2.24) is 4.98 Å². The molecule has 1 amide bonds. The molecule has 1 aromatic heterocycles. The van der Waals surface area contributed by atoms with E-state index in [1.165, 1.54) is 24.3 Å². The number of benzene rings is 3. The van der Waals surface area contributed by atoms with E-state index >= 15 is 0 Å². The normalized spacial score (nSPS) is 12.0. The number of rotatable bonds is 5. The van der Waals surface area contributed by atoms with E-state index in [1.54, 1.807) is 48.8 Å². The van der Waals surface area contributed by atoms with Gasteiger partial charge in [0.1, 0.15) is 0 Å². The van der Waals surface area contributed by atoms with Crippen LogP contribution in [-0.4, -0.2) is 10.9 Å². The largest absolute Gasteiger partial charge is 0.416 e. The Labute approximate surface area is 199 Å². The fourth-order valence-electron chi connectivity index (χ4n) is 3.56. The molecule has 35 heavy (non-hydrogen) atoms. The number of alkyl halides is 3. The Morgan fingerprint density at radius 2 is 1.63 bits per heavy atom. The Bertz CT molecular complexity index is 1460. The first-order valence-corrected chi connectivity index (χ1v) is 10.6. The zero-order valence-corrected chi connectivity index (χ0v) is 18.3. The third-order valence-corrected chi connectivity index (χ3v) is 5.30. The van der Waals surface area contributed by atoms with Crippen LogP contribution in [0.1, 0.15) is 22.3 Å². The molecule has 0 atom stereocenters. The quantitative estimate of drug-likeness (QED) is 0.260. The van der Waals surface area contributed by atoms with Crippen LogP contribution in [0.2, 0.25) is 0 Å². The summed E-state index contributed by atoms with van der Waals surface area (Å²) in [5, 5.41) is 13.6. The minimum Gasteiger partial charge on any atom is -0.322 e. The molecule has 4 nitrogen and oxygen atoms in total. The summed E-state index contributed by atoms with van der Waals surface area (Å²) in [6.07, 6.45) is 3.44. The summed E-state index contributed by atoms with van der Waals surface area (Å²) >= 11 is 0. The highest BCUT2D eigenvalue weighted by atomic mass is 19.4. The number of anilines is 1. The average Bonchev–Trinajstić information content (AvgIpc) is 2.87. The van der Waals surface area contributed by atoms with Gasteiger partial charge >= 0.3 is 6.18 Å². The maximum Gasteiger partial charge on any atom is 0.416 e. The third kappa shape index (κ3) is 5.63. The number of carbonyl (C=O) groups is 1. The molecular weight excluding hydrogens is 451 g/mol. The van der Waals surface area contributed by atoms with E-state index in [-0.39, 0.29) is 5.91 Å². The van der Waals surface area contributed by atoms with Crippen LogP contribution >= 0.6 is 0 Å². The first kappa shape index (κ1) is 23.5. The molecule has 3 aromatic carbocycles. The number of fused-ring (bicyclic) bond motifs is 1. The van der Waals surface area contributed by atoms with E-state index in [4.69, 9.17) is 5.26 Å². The molecule has 0 unspecified atom stereocenters. The standard InChI is InChI=1S/C28H18F3N3O/c29-28(30,31)23-13-11-21(12-14-23)24(20-9-7-19(17-32)8-10-20)4-2-6-27(35)34-26-5-1-3-22-18-33-16-15-25(22)26/h1-16,18H,(H,34,35)/b6-2+,24-4+. The summed E-state index contributed by atoms with van der Waals surface area (Å²) in [5.74, 6) is -0.364. The number of allylic oxidation sites excluding steroid dienone is 2. The number of aromatic nitrogens is 1. The molecule has 172 valence electrons. The number of hydrogen-bond acceptors (Lipinski definition) is 3. The number of nitrogens with one attached hydrogen (secondary N) is 1. The lowest BCUT2D eigenvalue weighted by Gasteiger charge is -2.11. The van der Waals surface area contributed by atoms with Crippen LogP contribution in [0.4, 0.5) is 18.9 Å². The van der Waals surface area contributed by atoms with Crippen molar-refractivity contribution in [2.45, 2.75) is 6.18 Å². The van der Waals surface area contributed by atoms with E-state index in [0.717, 1.165) is 22.9 Å². The predicted octanol–water partition coefficient (Wildman–Crippen LogP) is 6.75. The van der Waals surface area contributed by atoms with Crippen LogP contribution in [0.5, 0.6) is 0 Å². The van der Waals surface area contributed by atoms with Gasteiger partial charge in [-0.15, -0.1) is 0 Å². The highest BCUT2D eigenvalue weighted by Crippen LogP contribution is 2.31. The first-order chi connectivity index (χ1) is 16.8. The van der Waals surface area contributed by atoms with Crippen molar-refractivity contribution >= 4 is 27.9 Å². The average molecular weight is 469 g/mol. The van der Waals surface area contributed by atoms with Gasteiger partial charge in [-0.25, -0.2) is 0 Å². The number of pyridine rings is 1. The molecule has 4 aromatic rings. The van der Waals surface area contributed by atoms with Gasteiger partial charge < -0.3 is 5.32 Å². The number of nitriles is 1. The summed E-state index contributed by atoms with van der Waals surface area (Å²) < 4.78 is 39.0. The Morgan fingerprint density at radius 3 is 2.29 bits per heavy atom. The maximum atomic E-state index is 13.0. The second kappa shape index (κ2) is 10.1. The topological polar surface area (TPSA) is 65.8 Å². The highest BCUT2D eigenvalue weighted by Gasteiger charge is 2.30. The maximum absolute atomic E-state index is 13.0. The molecule has 0 saturated carbocycles. The van der Waals surface area contributed by atoms with Gasteiger partial charge in [0.05, 0.1) is 17.2 Å². The molecule has 0 radical (unpaired) electrons. The molecule has 0 aliphatic carbocycles. The molecule has 0 spiro atoms. The lowest BCUT2D eigenvalue weighted by molar-refractivity contribution is -0.137. The van der Waals surface area contributed by atoms with Gasteiger partial charge in [-0.2, -0.15) is 18.4 Å². The van der Waals surface area contributed by atoms with E-state index in [1.807, 2.05) is 24.3 Å². The summed E-state index contributed by atoms with van der Waals surface area (Å²) in [5.41, 5.74) is 2.17. The van der Waals surface area contributed by atoms with Crippen molar-refractivity contribution in [3.63, 3.8) is 0 Å². The molecule has 1 N–H and O–H groups in total. The lowest BCUT2D eigenvalue weighted by atomic mass is 9.95. The monoisotopic (exact) mass is 469 g/mol. The molecule has 0 aliphatic rings. The fourth-order valence-corrected chi connectivity index (χ4v) is 3.56. The van der Waals surface area contributed by atoms with E-state index < -0.39 is 11.7 Å². The van der Waals surface area contributed by atoms with Gasteiger partial charge in [0.15, 0.2) is 0 Å². The molecule has 0 aliphatic heterocycles. The van der Waals surface area contributed by atoms with E-state index in [9.17, 15) is 18.0 Å². The molecule has 0 saturated heterocycles. The number of halogens is 3. The van der Waals surface area contributed by atoms with Crippen LogP contribution in [-0.2, 0) is 11.0 Å². The fraction of sp³-hybridized carbons (Fsp3) is 0.0357. The first-order valence-electron chi connectivity index (χ1n) is 10.6. The van der Waals surface area contributed by atoms with Gasteiger partial charge in [-0.05, 0) is 53.1 Å². The Hall–Kier alpha value is -4.70. The zero-order valence-electron chi connectivity index (χ0n) is 18.3. The molecule has 0 fully saturated rings. The summed E-state index contributed by atoms with van der Waals surface area (Å²) in [6.45, 7) is 0. The zero-order chi connectivity index (χ0) is 24.8. The highest BCUT2D eigenvalue weighted by molar-refractivity contribution is 6.06. The lowest BCUT2D eigenvalue weighted by Crippen LogP contribution is -2.08. The van der Waals surface area contributed by atoms with Crippen LogP contribution < -0.4 is 5.32 Å². The van der Waals surface area contributed by atoms with Crippen molar-refractivity contribution in [3.8, 4) is 6.07 Å².